The average molecular weight is 302 g/mol. The van der Waals surface area contributed by atoms with Gasteiger partial charge in [-0.3, -0.25) is 0 Å². The molecule has 2 atom stereocenters. The summed E-state index contributed by atoms with van der Waals surface area (Å²) in [6.07, 6.45) is 2.42. The van der Waals surface area contributed by atoms with Crippen LogP contribution in [0.3, 0.4) is 0 Å². The molecule has 0 saturated carbocycles. The molecular formula is C16H22N4S. The molecule has 2 aromatic rings. The first-order valence-electron chi connectivity index (χ1n) is 7.49. The number of rotatable bonds is 5. The number of hydrogen-bond acceptors (Lipinski definition) is 4. The zero-order chi connectivity index (χ0) is 14.8. The maximum atomic E-state index is 6.49. The highest BCUT2D eigenvalue weighted by Crippen LogP contribution is 2.40. The molecule has 5 heteroatoms. The fraction of sp³-hybridized carbons (Fsp3) is 0.500. The molecule has 1 aromatic carbocycles. The molecule has 0 bridgehead atoms. The van der Waals surface area contributed by atoms with Gasteiger partial charge in [0.05, 0.1) is 0 Å². The normalized spacial score (nSPS) is 19.0. The van der Waals surface area contributed by atoms with Gasteiger partial charge in [-0.05, 0) is 17.5 Å². The van der Waals surface area contributed by atoms with E-state index in [0.717, 1.165) is 24.5 Å². The van der Waals surface area contributed by atoms with Gasteiger partial charge in [-0.1, -0.05) is 32.0 Å². The Balaban J connectivity index is 1.73. The number of fused-ring (bicyclic) bond motifs is 1. The third-order valence-electron chi connectivity index (χ3n) is 3.91. The lowest BCUT2D eigenvalue weighted by molar-refractivity contribution is 0.450. The van der Waals surface area contributed by atoms with E-state index in [9.17, 15) is 0 Å². The largest absolute Gasteiger partial charge is 0.327 e. The number of nitrogens with zero attached hydrogens (tertiary/aromatic N) is 3. The van der Waals surface area contributed by atoms with E-state index in [2.05, 4.69) is 48.2 Å². The van der Waals surface area contributed by atoms with E-state index < -0.39 is 0 Å². The van der Waals surface area contributed by atoms with Gasteiger partial charge in [0, 0.05) is 35.6 Å². The Morgan fingerprint density at radius 1 is 1.38 bits per heavy atom. The van der Waals surface area contributed by atoms with Gasteiger partial charge in [0.2, 0.25) is 0 Å². The zero-order valence-electron chi connectivity index (χ0n) is 12.6. The molecule has 2 heterocycles. The van der Waals surface area contributed by atoms with E-state index in [4.69, 9.17) is 5.73 Å². The van der Waals surface area contributed by atoms with Crippen LogP contribution >= 0.6 is 11.8 Å². The lowest BCUT2D eigenvalue weighted by Crippen LogP contribution is -2.32. The summed E-state index contributed by atoms with van der Waals surface area (Å²) in [5, 5.41) is 4.33. The van der Waals surface area contributed by atoms with Crippen LogP contribution < -0.4 is 5.73 Å². The molecular weight excluding hydrogens is 280 g/mol. The van der Waals surface area contributed by atoms with Crippen LogP contribution in [-0.4, -0.2) is 26.6 Å². The molecule has 112 valence electrons. The SMILES string of the molecule is CC(C)Cn1ncnc1CC(N)C1CSc2ccccc21. The molecule has 0 aliphatic carbocycles. The quantitative estimate of drug-likeness (QED) is 0.922. The van der Waals surface area contributed by atoms with Gasteiger partial charge in [-0.15, -0.1) is 11.8 Å². The predicted octanol–water partition coefficient (Wildman–Crippen LogP) is 2.69. The van der Waals surface area contributed by atoms with Gasteiger partial charge >= 0.3 is 0 Å². The summed E-state index contributed by atoms with van der Waals surface area (Å²) < 4.78 is 2.00. The van der Waals surface area contributed by atoms with Gasteiger partial charge < -0.3 is 5.73 Å². The molecule has 1 aromatic heterocycles. The van der Waals surface area contributed by atoms with Crippen molar-refractivity contribution in [1.29, 1.82) is 0 Å². The highest BCUT2D eigenvalue weighted by atomic mass is 32.2. The third kappa shape index (κ3) is 3.14. The Morgan fingerprint density at radius 2 is 2.19 bits per heavy atom. The molecule has 2 N–H and O–H groups in total. The van der Waals surface area contributed by atoms with E-state index in [1.54, 1.807) is 6.33 Å². The molecule has 0 saturated heterocycles. The summed E-state index contributed by atoms with van der Waals surface area (Å²) in [5.41, 5.74) is 7.88. The van der Waals surface area contributed by atoms with Crippen LogP contribution in [0.4, 0.5) is 0 Å². The number of benzene rings is 1. The van der Waals surface area contributed by atoms with Gasteiger partial charge in [-0.2, -0.15) is 5.10 Å². The zero-order valence-corrected chi connectivity index (χ0v) is 13.4. The van der Waals surface area contributed by atoms with Gasteiger partial charge in [-0.25, -0.2) is 9.67 Å². The van der Waals surface area contributed by atoms with Gasteiger partial charge in [0.1, 0.15) is 12.2 Å². The Bertz CT molecular complexity index is 608. The molecule has 0 amide bonds. The number of hydrogen-bond donors (Lipinski definition) is 1. The topological polar surface area (TPSA) is 56.7 Å². The summed E-state index contributed by atoms with van der Waals surface area (Å²) in [7, 11) is 0. The first-order valence-corrected chi connectivity index (χ1v) is 8.47. The summed E-state index contributed by atoms with van der Waals surface area (Å²) >= 11 is 1.91. The lowest BCUT2D eigenvalue weighted by atomic mass is 9.92. The van der Waals surface area contributed by atoms with Crippen LogP contribution in [0.15, 0.2) is 35.5 Å². The van der Waals surface area contributed by atoms with Crippen molar-refractivity contribution in [2.75, 3.05) is 5.75 Å². The maximum Gasteiger partial charge on any atom is 0.138 e. The third-order valence-corrected chi connectivity index (χ3v) is 5.11. The molecule has 1 aliphatic heterocycles. The summed E-state index contributed by atoms with van der Waals surface area (Å²) in [4.78, 5) is 5.78. The van der Waals surface area contributed by atoms with Crippen molar-refractivity contribution in [2.24, 2.45) is 11.7 Å². The van der Waals surface area contributed by atoms with Crippen LogP contribution in [-0.2, 0) is 13.0 Å². The first-order chi connectivity index (χ1) is 10.1. The monoisotopic (exact) mass is 302 g/mol. The molecule has 4 nitrogen and oxygen atoms in total. The fourth-order valence-electron chi connectivity index (χ4n) is 2.84. The average Bonchev–Trinajstić information content (AvgIpc) is 3.05. The van der Waals surface area contributed by atoms with Crippen molar-refractivity contribution in [3.63, 3.8) is 0 Å². The van der Waals surface area contributed by atoms with E-state index >= 15 is 0 Å². The van der Waals surface area contributed by atoms with E-state index in [0.29, 0.717) is 11.8 Å². The minimum absolute atomic E-state index is 0.0938. The second kappa shape index (κ2) is 6.20. The molecule has 2 unspecified atom stereocenters. The highest BCUT2D eigenvalue weighted by molar-refractivity contribution is 7.99. The van der Waals surface area contributed by atoms with Gasteiger partial charge in [0.25, 0.3) is 0 Å². The Hall–Kier alpha value is -1.33. The molecule has 0 fully saturated rings. The highest BCUT2D eigenvalue weighted by Gasteiger charge is 2.29. The number of aromatic nitrogens is 3. The van der Waals surface area contributed by atoms with E-state index in [1.807, 2.05) is 16.4 Å². The Labute approximate surface area is 130 Å². The molecule has 1 aliphatic rings. The van der Waals surface area contributed by atoms with Crippen molar-refractivity contribution in [3.05, 3.63) is 42.0 Å². The van der Waals surface area contributed by atoms with Crippen molar-refractivity contribution < 1.29 is 0 Å². The van der Waals surface area contributed by atoms with Crippen LogP contribution in [0.5, 0.6) is 0 Å². The second-order valence-electron chi connectivity index (χ2n) is 6.08. The van der Waals surface area contributed by atoms with Crippen molar-refractivity contribution in [1.82, 2.24) is 14.8 Å². The maximum absolute atomic E-state index is 6.49. The number of nitrogens with two attached hydrogens (primary N) is 1. The molecule has 3 rings (SSSR count). The predicted molar refractivity (Wildman–Crippen MR) is 86.4 cm³/mol. The van der Waals surface area contributed by atoms with Gasteiger partial charge in [0.15, 0.2) is 0 Å². The van der Waals surface area contributed by atoms with Crippen LogP contribution in [0.2, 0.25) is 0 Å². The molecule has 21 heavy (non-hydrogen) atoms. The fourth-order valence-corrected chi connectivity index (χ4v) is 4.19. The minimum atomic E-state index is 0.0938. The van der Waals surface area contributed by atoms with Crippen molar-refractivity contribution in [2.45, 2.75) is 43.7 Å². The lowest BCUT2D eigenvalue weighted by Gasteiger charge is -2.20. The summed E-state index contributed by atoms with van der Waals surface area (Å²) in [6, 6.07) is 8.69. The Morgan fingerprint density at radius 3 is 3.00 bits per heavy atom. The van der Waals surface area contributed by atoms with E-state index in [-0.39, 0.29) is 6.04 Å². The van der Waals surface area contributed by atoms with Crippen molar-refractivity contribution in [3.8, 4) is 0 Å². The standard InChI is InChI=1S/C16H22N4S/c1-11(2)8-20-16(18-10-19-20)7-14(17)13-9-21-15-6-4-3-5-12(13)15/h3-6,10-11,13-14H,7-9,17H2,1-2H3. The Kier molecular flexibility index (Phi) is 4.31. The number of thioether (sulfide) groups is 1. The van der Waals surface area contributed by atoms with E-state index in [1.165, 1.54) is 10.5 Å². The van der Waals surface area contributed by atoms with Crippen LogP contribution in [0.25, 0.3) is 0 Å². The summed E-state index contributed by atoms with van der Waals surface area (Å²) in [6.45, 7) is 5.28. The summed E-state index contributed by atoms with van der Waals surface area (Å²) in [5.74, 6) is 3.05. The minimum Gasteiger partial charge on any atom is -0.327 e. The smallest absolute Gasteiger partial charge is 0.138 e. The van der Waals surface area contributed by atoms with Crippen LogP contribution in [0, 0.1) is 5.92 Å². The molecule has 0 spiro atoms. The van der Waals surface area contributed by atoms with Crippen LogP contribution in [0.1, 0.15) is 31.2 Å². The second-order valence-corrected chi connectivity index (χ2v) is 7.14. The molecule has 0 radical (unpaired) electrons. The van der Waals surface area contributed by atoms with Crippen molar-refractivity contribution >= 4 is 11.8 Å². The first kappa shape index (κ1) is 14.6.